The maximum atomic E-state index is 10.9. The van der Waals surface area contributed by atoms with E-state index < -0.39 is 0 Å². The molecular formula is C13H22O2. The molecule has 0 rings (SSSR count). The Balaban J connectivity index is 3.27. The van der Waals surface area contributed by atoms with Crippen LogP contribution in [0.25, 0.3) is 0 Å². The van der Waals surface area contributed by atoms with Gasteiger partial charge in [0.25, 0.3) is 0 Å². The standard InChI is InChI=1S/C13H22O2/c1-3-5-6-7-8-9-10-11-12-13(14)15-4-2/h3,5,10-11H,4,6-9,12H2,1-2H3/b5-3+,11-10+. The van der Waals surface area contributed by atoms with Gasteiger partial charge in [-0.05, 0) is 39.5 Å². The van der Waals surface area contributed by atoms with E-state index in [-0.39, 0.29) is 5.97 Å². The number of rotatable bonds is 8. The number of unbranched alkanes of at least 4 members (excludes halogenated alkanes) is 3. The minimum absolute atomic E-state index is 0.136. The third-order valence-electron chi connectivity index (χ3n) is 1.98. The molecule has 0 aliphatic heterocycles. The summed E-state index contributed by atoms with van der Waals surface area (Å²) in [5.41, 5.74) is 0. The van der Waals surface area contributed by atoms with Gasteiger partial charge in [-0.3, -0.25) is 4.79 Å². The van der Waals surface area contributed by atoms with Crippen LogP contribution in [-0.2, 0) is 9.53 Å². The van der Waals surface area contributed by atoms with Crippen molar-refractivity contribution in [1.82, 2.24) is 0 Å². The predicted octanol–water partition coefficient (Wildman–Crippen LogP) is 3.63. The highest BCUT2D eigenvalue weighted by Gasteiger charge is 1.95. The van der Waals surface area contributed by atoms with Crippen molar-refractivity contribution in [2.24, 2.45) is 0 Å². The van der Waals surface area contributed by atoms with Gasteiger partial charge in [-0.1, -0.05) is 24.3 Å². The monoisotopic (exact) mass is 210 g/mol. The van der Waals surface area contributed by atoms with Gasteiger partial charge in [0.1, 0.15) is 0 Å². The molecule has 0 amide bonds. The molecule has 86 valence electrons. The van der Waals surface area contributed by atoms with Crippen LogP contribution in [-0.4, -0.2) is 12.6 Å². The van der Waals surface area contributed by atoms with E-state index >= 15 is 0 Å². The molecule has 2 heteroatoms. The molecule has 0 unspecified atom stereocenters. The van der Waals surface area contributed by atoms with Crippen molar-refractivity contribution in [2.45, 2.75) is 46.0 Å². The average Bonchev–Trinajstić information content (AvgIpc) is 2.22. The van der Waals surface area contributed by atoms with Crippen LogP contribution in [0.3, 0.4) is 0 Å². The Labute approximate surface area is 93.0 Å². The van der Waals surface area contributed by atoms with Gasteiger partial charge in [0, 0.05) is 0 Å². The maximum Gasteiger partial charge on any atom is 0.309 e. The van der Waals surface area contributed by atoms with Crippen molar-refractivity contribution < 1.29 is 9.53 Å². The number of allylic oxidation sites excluding steroid dienone is 3. The summed E-state index contributed by atoms with van der Waals surface area (Å²) >= 11 is 0. The molecule has 0 N–H and O–H groups in total. The molecule has 0 aliphatic carbocycles. The Morgan fingerprint density at radius 2 is 1.80 bits per heavy atom. The normalized spacial score (nSPS) is 11.3. The number of hydrogen-bond donors (Lipinski definition) is 0. The highest BCUT2D eigenvalue weighted by Crippen LogP contribution is 2.02. The van der Waals surface area contributed by atoms with Gasteiger partial charge in [-0.2, -0.15) is 0 Å². The van der Waals surface area contributed by atoms with Gasteiger partial charge >= 0.3 is 5.97 Å². The summed E-state index contributed by atoms with van der Waals surface area (Å²) in [4.78, 5) is 10.9. The molecule has 0 atom stereocenters. The largest absolute Gasteiger partial charge is 0.466 e. The van der Waals surface area contributed by atoms with Gasteiger partial charge < -0.3 is 4.74 Å². The molecular weight excluding hydrogens is 188 g/mol. The molecule has 0 aromatic heterocycles. The van der Waals surface area contributed by atoms with Gasteiger partial charge in [0.15, 0.2) is 0 Å². The molecule has 0 fully saturated rings. The van der Waals surface area contributed by atoms with Crippen molar-refractivity contribution in [3.8, 4) is 0 Å². The molecule has 2 nitrogen and oxygen atoms in total. The molecule has 0 saturated heterocycles. The topological polar surface area (TPSA) is 26.3 Å². The Morgan fingerprint density at radius 3 is 2.40 bits per heavy atom. The van der Waals surface area contributed by atoms with E-state index in [1.807, 2.05) is 19.9 Å². The van der Waals surface area contributed by atoms with Crippen LogP contribution in [0, 0.1) is 0 Å². The van der Waals surface area contributed by atoms with Crippen LogP contribution in [0.2, 0.25) is 0 Å². The van der Waals surface area contributed by atoms with E-state index in [0.717, 1.165) is 12.8 Å². The minimum Gasteiger partial charge on any atom is -0.466 e. The van der Waals surface area contributed by atoms with Gasteiger partial charge in [-0.15, -0.1) is 0 Å². The van der Waals surface area contributed by atoms with E-state index in [0.29, 0.717) is 13.0 Å². The number of carbonyl (C=O) groups excluding carboxylic acids is 1. The molecule has 0 bridgehead atoms. The fourth-order valence-corrected chi connectivity index (χ4v) is 1.21. The quantitative estimate of drug-likeness (QED) is 0.347. The van der Waals surface area contributed by atoms with E-state index in [2.05, 4.69) is 18.2 Å². The van der Waals surface area contributed by atoms with E-state index in [9.17, 15) is 4.79 Å². The zero-order valence-electron chi connectivity index (χ0n) is 9.87. The highest BCUT2D eigenvalue weighted by molar-refractivity contribution is 5.71. The average molecular weight is 210 g/mol. The first kappa shape index (κ1) is 13.9. The van der Waals surface area contributed by atoms with Gasteiger partial charge in [0.2, 0.25) is 0 Å². The Kier molecular flexibility index (Phi) is 10.3. The van der Waals surface area contributed by atoms with Crippen molar-refractivity contribution in [2.75, 3.05) is 6.61 Å². The Bertz CT molecular complexity index is 205. The fraction of sp³-hybridized carbons (Fsp3) is 0.615. The lowest BCUT2D eigenvalue weighted by Gasteiger charge is -1.96. The van der Waals surface area contributed by atoms with Crippen molar-refractivity contribution in [3.63, 3.8) is 0 Å². The van der Waals surface area contributed by atoms with Crippen LogP contribution in [0.15, 0.2) is 24.3 Å². The van der Waals surface area contributed by atoms with Crippen molar-refractivity contribution in [3.05, 3.63) is 24.3 Å². The zero-order valence-corrected chi connectivity index (χ0v) is 9.87. The SMILES string of the molecule is C/C=C/CCCC/C=C/CC(=O)OCC. The molecule has 0 saturated carbocycles. The molecule has 0 radical (unpaired) electrons. The van der Waals surface area contributed by atoms with Crippen LogP contribution >= 0.6 is 0 Å². The summed E-state index contributed by atoms with van der Waals surface area (Å²) in [6, 6.07) is 0. The van der Waals surface area contributed by atoms with Crippen LogP contribution in [0.1, 0.15) is 46.0 Å². The Morgan fingerprint density at radius 1 is 1.13 bits per heavy atom. The second-order valence-corrected chi connectivity index (χ2v) is 3.33. The molecule has 15 heavy (non-hydrogen) atoms. The minimum atomic E-state index is -0.136. The summed E-state index contributed by atoms with van der Waals surface area (Å²) in [5, 5.41) is 0. The van der Waals surface area contributed by atoms with Gasteiger partial charge in [-0.25, -0.2) is 0 Å². The predicted molar refractivity (Wildman–Crippen MR) is 63.7 cm³/mol. The number of esters is 1. The third kappa shape index (κ3) is 10.9. The molecule has 0 aliphatic rings. The van der Waals surface area contributed by atoms with E-state index in [1.54, 1.807) is 0 Å². The molecule has 0 aromatic carbocycles. The smallest absolute Gasteiger partial charge is 0.309 e. The van der Waals surface area contributed by atoms with Crippen molar-refractivity contribution >= 4 is 5.97 Å². The molecule has 0 aromatic rings. The second-order valence-electron chi connectivity index (χ2n) is 3.33. The summed E-state index contributed by atoms with van der Waals surface area (Å²) < 4.78 is 4.80. The summed E-state index contributed by atoms with van der Waals surface area (Å²) in [6.45, 7) is 4.33. The number of hydrogen-bond acceptors (Lipinski definition) is 2. The summed E-state index contributed by atoms with van der Waals surface area (Å²) in [7, 11) is 0. The van der Waals surface area contributed by atoms with Crippen LogP contribution in [0.4, 0.5) is 0 Å². The van der Waals surface area contributed by atoms with Crippen LogP contribution in [0.5, 0.6) is 0 Å². The second kappa shape index (κ2) is 11.0. The fourth-order valence-electron chi connectivity index (χ4n) is 1.21. The third-order valence-corrected chi connectivity index (χ3v) is 1.98. The number of carbonyl (C=O) groups is 1. The molecule has 0 heterocycles. The highest BCUT2D eigenvalue weighted by atomic mass is 16.5. The first-order valence-electron chi connectivity index (χ1n) is 5.73. The lowest BCUT2D eigenvalue weighted by Crippen LogP contribution is -2.01. The van der Waals surface area contributed by atoms with Gasteiger partial charge in [0.05, 0.1) is 13.0 Å². The maximum absolute atomic E-state index is 10.9. The van der Waals surface area contributed by atoms with E-state index in [4.69, 9.17) is 4.74 Å². The zero-order chi connectivity index (χ0) is 11.4. The first-order valence-corrected chi connectivity index (χ1v) is 5.73. The van der Waals surface area contributed by atoms with E-state index in [1.165, 1.54) is 12.8 Å². The first-order chi connectivity index (χ1) is 7.31. The summed E-state index contributed by atoms with van der Waals surface area (Å²) in [5.74, 6) is -0.136. The van der Waals surface area contributed by atoms with Crippen LogP contribution < -0.4 is 0 Å². The lowest BCUT2D eigenvalue weighted by molar-refractivity contribution is -0.142. The van der Waals surface area contributed by atoms with Crippen molar-refractivity contribution in [1.29, 1.82) is 0 Å². The Hall–Kier alpha value is -1.05. The molecule has 0 spiro atoms. The number of ether oxygens (including phenoxy) is 1. The lowest BCUT2D eigenvalue weighted by atomic mass is 10.2. The summed E-state index contributed by atoms with van der Waals surface area (Å²) in [6.07, 6.45) is 13.2.